The van der Waals surface area contributed by atoms with E-state index in [2.05, 4.69) is 26.0 Å². The lowest BCUT2D eigenvalue weighted by atomic mass is 10.0. The van der Waals surface area contributed by atoms with E-state index < -0.39 is 29.7 Å². The molecule has 8 heteroatoms. The number of benzene rings is 2. The van der Waals surface area contributed by atoms with Crippen LogP contribution in [0.4, 0.5) is 13.2 Å². The van der Waals surface area contributed by atoms with Crippen LogP contribution in [-0.4, -0.2) is 19.0 Å². The summed E-state index contributed by atoms with van der Waals surface area (Å²) < 4.78 is 43.3. The molecule has 1 atom stereocenters. The van der Waals surface area contributed by atoms with Gasteiger partial charge < -0.3 is 10.1 Å². The summed E-state index contributed by atoms with van der Waals surface area (Å²) >= 11 is 3.34. The summed E-state index contributed by atoms with van der Waals surface area (Å²) in [5, 5.41) is 2.74. The van der Waals surface area contributed by atoms with Gasteiger partial charge in [-0.1, -0.05) is 40.2 Å². The topological polar surface area (TPSA) is 55.4 Å². The second-order valence-corrected chi connectivity index (χ2v) is 6.74. The summed E-state index contributed by atoms with van der Waals surface area (Å²) in [6, 6.07) is 10.9. The number of esters is 1. The van der Waals surface area contributed by atoms with E-state index in [9.17, 15) is 22.8 Å². The number of carbonyl (C=O) groups excluding carboxylic acids is 2. The number of hydrogen-bond acceptors (Lipinski definition) is 3. The Kier molecular flexibility index (Phi) is 7.01. The normalized spacial score (nSPS) is 12.3. The maximum Gasteiger partial charge on any atom is 0.416 e. The summed E-state index contributed by atoms with van der Waals surface area (Å²) in [5.74, 6) is -0.904. The van der Waals surface area contributed by atoms with Crippen LogP contribution in [0.5, 0.6) is 0 Å². The first kappa shape index (κ1) is 21.0. The summed E-state index contributed by atoms with van der Waals surface area (Å²) in [7, 11) is 1.25. The SMILES string of the molecule is COC(=O)CC(NC(=O)Cc1ccc(C(F)(F)F)cc1)c1cccc(Br)c1. The third-order valence-corrected chi connectivity index (χ3v) is 4.32. The maximum atomic E-state index is 12.6. The molecule has 1 N–H and O–H groups in total. The Labute approximate surface area is 162 Å². The Balaban J connectivity index is 2.10. The van der Waals surface area contributed by atoms with Gasteiger partial charge in [0, 0.05) is 4.47 Å². The second kappa shape index (κ2) is 9.03. The summed E-state index contributed by atoms with van der Waals surface area (Å²) in [4.78, 5) is 24.0. The van der Waals surface area contributed by atoms with Crippen molar-refractivity contribution in [3.63, 3.8) is 0 Å². The van der Waals surface area contributed by atoms with Crippen molar-refractivity contribution in [2.24, 2.45) is 0 Å². The Bertz CT molecular complexity index is 807. The average Bonchev–Trinajstić information content (AvgIpc) is 2.60. The lowest BCUT2D eigenvalue weighted by Crippen LogP contribution is -2.31. The largest absolute Gasteiger partial charge is 0.469 e. The fraction of sp³-hybridized carbons (Fsp3) is 0.263. The minimum absolute atomic E-state index is 0.0638. The molecule has 27 heavy (non-hydrogen) atoms. The van der Waals surface area contributed by atoms with E-state index in [0.717, 1.165) is 16.6 Å². The number of halogens is 4. The second-order valence-electron chi connectivity index (χ2n) is 5.83. The van der Waals surface area contributed by atoms with Crippen molar-refractivity contribution >= 4 is 27.8 Å². The molecular weight excluding hydrogens is 427 g/mol. The molecule has 0 radical (unpaired) electrons. The predicted molar refractivity (Wildman–Crippen MR) is 96.8 cm³/mol. The van der Waals surface area contributed by atoms with E-state index in [-0.39, 0.29) is 12.8 Å². The maximum absolute atomic E-state index is 12.6. The van der Waals surface area contributed by atoms with Crippen LogP contribution in [-0.2, 0) is 26.9 Å². The highest BCUT2D eigenvalue weighted by atomic mass is 79.9. The zero-order chi connectivity index (χ0) is 20.0. The van der Waals surface area contributed by atoms with Crippen LogP contribution in [0.15, 0.2) is 53.0 Å². The fourth-order valence-electron chi connectivity index (χ4n) is 2.47. The van der Waals surface area contributed by atoms with E-state index >= 15 is 0 Å². The number of nitrogens with one attached hydrogen (secondary N) is 1. The highest BCUT2D eigenvalue weighted by Gasteiger charge is 2.30. The number of methoxy groups -OCH3 is 1. The van der Waals surface area contributed by atoms with Crippen LogP contribution >= 0.6 is 15.9 Å². The number of alkyl halides is 3. The van der Waals surface area contributed by atoms with Crippen molar-refractivity contribution in [3.05, 3.63) is 69.7 Å². The average molecular weight is 444 g/mol. The van der Waals surface area contributed by atoms with Crippen LogP contribution in [0, 0.1) is 0 Å². The molecule has 0 aliphatic rings. The predicted octanol–water partition coefficient (Wildman–Crippen LogP) is 4.43. The molecule has 0 bridgehead atoms. The molecule has 2 aromatic rings. The third-order valence-electron chi connectivity index (χ3n) is 3.83. The Hall–Kier alpha value is -2.35. The number of carbonyl (C=O) groups is 2. The van der Waals surface area contributed by atoms with E-state index in [1.807, 2.05) is 6.07 Å². The lowest BCUT2D eigenvalue weighted by molar-refractivity contribution is -0.141. The van der Waals surface area contributed by atoms with Gasteiger partial charge in [-0.25, -0.2) is 0 Å². The van der Waals surface area contributed by atoms with Crippen molar-refractivity contribution < 1.29 is 27.5 Å². The van der Waals surface area contributed by atoms with Crippen molar-refractivity contribution in [1.29, 1.82) is 0 Å². The van der Waals surface area contributed by atoms with Gasteiger partial charge in [0.25, 0.3) is 0 Å². The van der Waals surface area contributed by atoms with Crippen LogP contribution < -0.4 is 5.32 Å². The van der Waals surface area contributed by atoms with Gasteiger partial charge in [-0.3, -0.25) is 9.59 Å². The molecule has 0 heterocycles. The van der Waals surface area contributed by atoms with Gasteiger partial charge in [0.15, 0.2) is 0 Å². The van der Waals surface area contributed by atoms with Crippen LogP contribution in [0.25, 0.3) is 0 Å². The molecule has 0 spiro atoms. The molecule has 2 aromatic carbocycles. The van der Waals surface area contributed by atoms with Gasteiger partial charge in [-0.2, -0.15) is 13.2 Å². The van der Waals surface area contributed by atoms with E-state index in [1.54, 1.807) is 18.2 Å². The molecule has 0 aromatic heterocycles. The first-order valence-electron chi connectivity index (χ1n) is 7.97. The van der Waals surface area contributed by atoms with Crippen molar-refractivity contribution in [3.8, 4) is 0 Å². The van der Waals surface area contributed by atoms with Crippen molar-refractivity contribution in [1.82, 2.24) is 5.32 Å². The molecule has 4 nitrogen and oxygen atoms in total. The molecule has 2 rings (SSSR count). The molecule has 1 amide bonds. The van der Waals surface area contributed by atoms with Crippen LogP contribution in [0.2, 0.25) is 0 Å². The molecule has 0 aliphatic heterocycles. The van der Waals surface area contributed by atoms with Gasteiger partial charge in [0.2, 0.25) is 5.91 Å². The molecular formula is C19H17BrF3NO3. The van der Waals surface area contributed by atoms with Gasteiger partial charge in [0.05, 0.1) is 31.6 Å². The van der Waals surface area contributed by atoms with Crippen molar-refractivity contribution in [2.75, 3.05) is 7.11 Å². The van der Waals surface area contributed by atoms with Crippen LogP contribution in [0.1, 0.15) is 29.2 Å². The fourth-order valence-corrected chi connectivity index (χ4v) is 2.88. The lowest BCUT2D eigenvalue weighted by Gasteiger charge is -2.19. The number of ether oxygens (including phenoxy) is 1. The van der Waals surface area contributed by atoms with Gasteiger partial charge in [-0.15, -0.1) is 0 Å². The first-order valence-corrected chi connectivity index (χ1v) is 8.76. The first-order chi connectivity index (χ1) is 12.7. The summed E-state index contributed by atoms with van der Waals surface area (Å²) in [6.07, 6.45) is -4.59. The molecule has 1 unspecified atom stereocenters. The molecule has 0 fully saturated rings. The third kappa shape index (κ3) is 6.39. The molecule has 0 aliphatic carbocycles. The Morgan fingerprint density at radius 1 is 1.15 bits per heavy atom. The highest BCUT2D eigenvalue weighted by molar-refractivity contribution is 9.10. The van der Waals surface area contributed by atoms with Gasteiger partial charge in [-0.05, 0) is 35.4 Å². The smallest absolute Gasteiger partial charge is 0.416 e. The Morgan fingerprint density at radius 2 is 1.81 bits per heavy atom. The number of rotatable bonds is 6. The quantitative estimate of drug-likeness (QED) is 0.671. The van der Waals surface area contributed by atoms with Crippen molar-refractivity contribution in [2.45, 2.75) is 25.1 Å². The van der Waals surface area contributed by atoms with Gasteiger partial charge in [0.1, 0.15) is 0 Å². The number of amides is 1. The van der Waals surface area contributed by atoms with E-state index in [4.69, 9.17) is 0 Å². The summed E-state index contributed by atoms with van der Waals surface area (Å²) in [5.41, 5.74) is 0.367. The summed E-state index contributed by atoms with van der Waals surface area (Å²) in [6.45, 7) is 0. The zero-order valence-electron chi connectivity index (χ0n) is 14.3. The van der Waals surface area contributed by atoms with Crippen LogP contribution in [0.3, 0.4) is 0 Å². The Morgan fingerprint density at radius 3 is 2.37 bits per heavy atom. The zero-order valence-corrected chi connectivity index (χ0v) is 15.9. The highest BCUT2D eigenvalue weighted by Crippen LogP contribution is 2.29. The van der Waals surface area contributed by atoms with E-state index in [1.165, 1.54) is 19.2 Å². The number of hydrogen-bond donors (Lipinski definition) is 1. The molecule has 144 valence electrons. The van der Waals surface area contributed by atoms with E-state index in [0.29, 0.717) is 11.1 Å². The minimum atomic E-state index is -4.42. The molecule has 0 saturated carbocycles. The monoisotopic (exact) mass is 443 g/mol. The minimum Gasteiger partial charge on any atom is -0.469 e. The standard InChI is InChI=1S/C19H17BrF3NO3/c1-27-18(26)11-16(13-3-2-4-15(20)10-13)24-17(25)9-12-5-7-14(8-6-12)19(21,22)23/h2-8,10,16H,9,11H2,1H3,(H,24,25). The van der Waals surface area contributed by atoms with Gasteiger partial charge >= 0.3 is 12.1 Å². The molecule has 0 saturated heterocycles.